The van der Waals surface area contributed by atoms with Crippen molar-refractivity contribution in [2.45, 2.75) is 0 Å². The standard InChI is InChI=1S/C9H11ClN2O2S/c1-15(14)5-9(13)12-8-3-2-6(11)4-7(8)10/h2-4H,5,11H2,1H3,(H,12,13). The fraction of sp³-hybridized carbons (Fsp3) is 0.222. The molecule has 3 N–H and O–H groups in total. The molecule has 0 aromatic heterocycles. The van der Waals surface area contributed by atoms with Gasteiger partial charge in [-0.15, -0.1) is 0 Å². The van der Waals surface area contributed by atoms with Gasteiger partial charge in [-0.3, -0.25) is 9.00 Å². The summed E-state index contributed by atoms with van der Waals surface area (Å²) in [6, 6.07) is 4.78. The third-order valence-electron chi connectivity index (χ3n) is 1.60. The van der Waals surface area contributed by atoms with E-state index >= 15 is 0 Å². The van der Waals surface area contributed by atoms with Gasteiger partial charge in [0.2, 0.25) is 5.91 Å². The van der Waals surface area contributed by atoms with Crippen LogP contribution in [0.25, 0.3) is 0 Å². The van der Waals surface area contributed by atoms with Gasteiger partial charge >= 0.3 is 0 Å². The molecule has 15 heavy (non-hydrogen) atoms. The second-order valence-electron chi connectivity index (χ2n) is 3.00. The SMILES string of the molecule is CS(=O)CC(=O)Nc1ccc(N)cc1Cl. The predicted octanol–water partition coefficient (Wildman–Crippen LogP) is 1.24. The van der Waals surface area contributed by atoms with E-state index in [4.69, 9.17) is 17.3 Å². The second kappa shape index (κ2) is 5.14. The van der Waals surface area contributed by atoms with E-state index in [0.29, 0.717) is 16.4 Å². The number of anilines is 2. The van der Waals surface area contributed by atoms with E-state index in [0.717, 1.165) is 0 Å². The zero-order valence-electron chi connectivity index (χ0n) is 8.12. The van der Waals surface area contributed by atoms with E-state index in [2.05, 4.69) is 5.32 Å². The molecule has 0 bridgehead atoms. The van der Waals surface area contributed by atoms with Crippen LogP contribution in [0.3, 0.4) is 0 Å². The lowest BCUT2D eigenvalue weighted by atomic mass is 10.3. The Kier molecular flexibility index (Phi) is 4.11. The van der Waals surface area contributed by atoms with Crippen LogP contribution in [0, 0.1) is 0 Å². The van der Waals surface area contributed by atoms with E-state index < -0.39 is 10.8 Å². The number of hydrogen-bond acceptors (Lipinski definition) is 3. The van der Waals surface area contributed by atoms with E-state index in [-0.39, 0.29) is 11.7 Å². The molecule has 4 nitrogen and oxygen atoms in total. The van der Waals surface area contributed by atoms with Crippen molar-refractivity contribution in [3.05, 3.63) is 23.2 Å². The zero-order chi connectivity index (χ0) is 11.4. The lowest BCUT2D eigenvalue weighted by Crippen LogP contribution is -2.18. The summed E-state index contributed by atoms with van der Waals surface area (Å²) in [5, 5.41) is 2.92. The molecule has 0 fully saturated rings. The smallest absolute Gasteiger partial charge is 0.237 e. The fourth-order valence-electron chi connectivity index (χ4n) is 1.00. The molecule has 0 aliphatic carbocycles. The molecule has 82 valence electrons. The molecule has 0 saturated heterocycles. The van der Waals surface area contributed by atoms with Gasteiger partial charge in [0.15, 0.2) is 0 Å². The molecule has 1 rings (SSSR count). The monoisotopic (exact) mass is 246 g/mol. The average molecular weight is 247 g/mol. The normalized spacial score (nSPS) is 12.1. The summed E-state index contributed by atoms with van der Waals surface area (Å²) in [4.78, 5) is 11.3. The number of carbonyl (C=O) groups is 1. The Bertz CT molecular complexity index is 409. The molecule has 0 aliphatic rings. The number of amides is 1. The number of rotatable bonds is 3. The van der Waals surface area contributed by atoms with Crippen molar-refractivity contribution in [2.24, 2.45) is 0 Å². The summed E-state index contributed by atoms with van der Waals surface area (Å²) in [5.41, 5.74) is 6.49. The second-order valence-corrected chi connectivity index (χ2v) is 4.85. The third kappa shape index (κ3) is 3.89. The number of carbonyl (C=O) groups excluding carboxylic acids is 1. The molecule has 0 spiro atoms. The van der Waals surface area contributed by atoms with Gasteiger partial charge in [-0.2, -0.15) is 0 Å². The van der Waals surface area contributed by atoms with Crippen molar-refractivity contribution in [3.63, 3.8) is 0 Å². The molecule has 0 saturated carbocycles. The fourth-order valence-corrected chi connectivity index (χ4v) is 1.68. The first-order valence-electron chi connectivity index (χ1n) is 4.14. The lowest BCUT2D eigenvalue weighted by molar-refractivity contribution is -0.113. The number of benzene rings is 1. The van der Waals surface area contributed by atoms with E-state index in [9.17, 15) is 9.00 Å². The molecule has 1 unspecified atom stereocenters. The Balaban J connectivity index is 2.72. The van der Waals surface area contributed by atoms with E-state index in [1.54, 1.807) is 18.2 Å². The van der Waals surface area contributed by atoms with Crippen LogP contribution >= 0.6 is 11.6 Å². The third-order valence-corrected chi connectivity index (χ3v) is 2.58. The highest BCUT2D eigenvalue weighted by Gasteiger charge is 2.07. The maximum absolute atomic E-state index is 11.3. The Hall–Kier alpha value is -1.07. The number of halogens is 1. The van der Waals surface area contributed by atoms with Gasteiger partial charge in [-0.1, -0.05) is 11.6 Å². The summed E-state index contributed by atoms with van der Waals surface area (Å²) in [7, 11) is -1.16. The summed E-state index contributed by atoms with van der Waals surface area (Å²) in [5.74, 6) is -0.372. The van der Waals surface area contributed by atoms with E-state index in [1.807, 2.05) is 0 Å². The van der Waals surface area contributed by atoms with Crippen molar-refractivity contribution in [2.75, 3.05) is 23.1 Å². The minimum atomic E-state index is -1.16. The van der Waals surface area contributed by atoms with Gasteiger partial charge in [-0.05, 0) is 18.2 Å². The highest BCUT2D eigenvalue weighted by Crippen LogP contribution is 2.23. The van der Waals surface area contributed by atoms with Crippen molar-refractivity contribution in [1.29, 1.82) is 0 Å². The first-order valence-corrected chi connectivity index (χ1v) is 6.24. The van der Waals surface area contributed by atoms with Gasteiger partial charge in [0, 0.05) is 22.7 Å². The molecule has 0 aliphatic heterocycles. The maximum atomic E-state index is 11.3. The Morgan fingerprint density at radius 1 is 1.60 bits per heavy atom. The molecule has 6 heteroatoms. The van der Waals surface area contributed by atoms with Crippen molar-refractivity contribution in [3.8, 4) is 0 Å². The first kappa shape index (κ1) is 12.0. The van der Waals surface area contributed by atoms with Crippen molar-refractivity contribution >= 4 is 39.7 Å². The van der Waals surface area contributed by atoms with Crippen LogP contribution in [0.2, 0.25) is 5.02 Å². The summed E-state index contributed by atoms with van der Waals surface area (Å²) in [6.45, 7) is 0. The van der Waals surface area contributed by atoms with Crippen LogP contribution in [0.4, 0.5) is 11.4 Å². The number of hydrogen-bond donors (Lipinski definition) is 2. The van der Waals surface area contributed by atoms with Crippen LogP contribution in [0.1, 0.15) is 0 Å². The molecule has 0 heterocycles. The van der Waals surface area contributed by atoms with Crippen molar-refractivity contribution < 1.29 is 9.00 Å². The molecular formula is C9H11ClN2O2S. The number of nitrogens with one attached hydrogen (secondary N) is 1. The molecular weight excluding hydrogens is 236 g/mol. The quantitative estimate of drug-likeness (QED) is 0.789. The summed E-state index contributed by atoms with van der Waals surface area (Å²) in [6.07, 6.45) is 1.46. The summed E-state index contributed by atoms with van der Waals surface area (Å²) < 4.78 is 10.8. The molecule has 1 aromatic carbocycles. The zero-order valence-corrected chi connectivity index (χ0v) is 9.69. The molecule has 1 atom stereocenters. The van der Waals surface area contributed by atoms with Crippen LogP contribution < -0.4 is 11.1 Å². The summed E-state index contributed by atoms with van der Waals surface area (Å²) >= 11 is 5.84. The highest BCUT2D eigenvalue weighted by molar-refractivity contribution is 7.85. The van der Waals surface area contributed by atoms with Crippen LogP contribution in [0.15, 0.2) is 18.2 Å². The molecule has 1 amide bonds. The molecule has 0 radical (unpaired) electrons. The topological polar surface area (TPSA) is 72.2 Å². The van der Waals surface area contributed by atoms with Crippen LogP contribution in [-0.4, -0.2) is 22.1 Å². The average Bonchev–Trinajstić information content (AvgIpc) is 2.08. The largest absolute Gasteiger partial charge is 0.399 e. The van der Waals surface area contributed by atoms with Gasteiger partial charge in [0.25, 0.3) is 0 Å². The minimum Gasteiger partial charge on any atom is -0.399 e. The van der Waals surface area contributed by atoms with E-state index in [1.165, 1.54) is 6.26 Å². The van der Waals surface area contributed by atoms with Crippen LogP contribution in [-0.2, 0) is 15.6 Å². The highest BCUT2D eigenvalue weighted by atomic mass is 35.5. The Morgan fingerprint density at radius 3 is 2.80 bits per heavy atom. The van der Waals surface area contributed by atoms with Gasteiger partial charge in [0.1, 0.15) is 5.75 Å². The lowest BCUT2D eigenvalue weighted by Gasteiger charge is -2.06. The maximum Gasteiger partial charge on any atom is 0.237 e. The Morgan fingerprint density at radius 2 is 2.27 bits per heavy atom. The molecule has 1 aromatic rings. The first-order chi connectivity index (χ1) is 6.99. The Labute approximate surface area is 95.3 Å². The minimum absolute atomic E-state index is 0.0410. The number of nitrogens with two attached hydrogens (primary N) is 1. The van der Waals surface area contributed by atoms with Crippen LogP contribution in [0.5, 0.6) is 0 Å². The van der Waals surface area contributed by atoms with Gasteiger partial charge < -0.3 is 11.1 Å². The van der Waals surface area contributed by atoms with Gasteiger partial charge in [-0.25, -0.2) is 0 Å². The van der Waals surface area contributed by atoms with Crippen molar-refractivity contribution in [1.82, 2.24) is 0 Å². The van der Waals surface area contributed by atoms with Gasteiger partial charge in [0.05, 0.1) is 10.7 Å². The predicted molar refractivity (Wildman–Crippen MR) is 63.4 cm³/mol. The number of nitrogen functional groups attached to an aromatic ring is 1.